The molecule has 1 aliphatic rings. The Hall–Kier alpha value is -0.480. The average Bonchev–Trinajstić information content (AvgIpc) is 2.73. The number of nitrogens with one attached hydrogen (secondary N) is 1. The molecule has 1 aromatic heterocycles. The van der Waals surface area contributed by atoms with Crippen LogP contribution in [0.5, 0.6) is 0 Å². The number of nitrogens with zero attached hydrogens (tertiary/aromatic N) is 2. The fourth-order valence-electron chi connectivity index (χ4n) is 2.06. The van der Waals surface area contributed by atoms with Crippen LogP contribution in [0.1, 0.15) is 20.3 Å². The Bertz CT molecular complexity index is 308. The maximum absolute atomic E-state index is 4.05. The zero-order chi connectivity index (χ0) is 11.4. The van der Waals surface area contributed by atoms with Crippen LogP contribution in [0, 0.1) is 5.41 Å². The van der Waals surface area contributed by atoms with Crippen molar-refractivity contribution in [3.63, 3.8) is 0 Å². The average molecular weight is 239 g/mol. The SMILES string of the molecule is CC1(C)CCSCC1NCCn1ccnc1. The second-order valence-electron chi connectivity index (χ2n) is 5.12. The van der Waals surface area contributed by atoms with Crippen LogP contribution in [0.15, 0.2) is 18.7 Å². The quantitative estimate of drug-likeness (QED) is 0.871. The van der Waals surface area contributed by atoms with Crippen molar-refractivity contribution >= 4 is 11.8 Å². The van der Waals surface area contributed by atoms with Crippen molar-refractivity contribution in [3.8, 4) is 0 Å². The molecule has 1 atom stereocenters. The lowest BCUT2D eigenvalue weighted by Crippen LogP contribution is -2.47. The van der Waals surface area contributed by atoms with E-state index in [0.717, 1.165) is 13.1 Å². The van der Waals surface area contributed by atoms with Crippen molar-refractivity contribution in [2.45, 2.75) is 32.9 Å². The van der Waals surface area contributed by atoms with E-state index in [2.05, 4.69) is 40.5 Å². The van der Waals surface area contributed by atoms with Gasteiger partial charge in [-0.15, -0.1) is 0 Å². The van der Waals surface area contributed by atoms with E-state index in [0.29, 0.717) is 11.5 Å². The Balaban J connectivity index is 1.76. The van der Waals surface area contributed by atoms with Crippen LogP contribution in [-0.2, 0) is 6.54 Å². The van der Waals surface area contributed by atoms with Crippen molar-refractivity contribution in [1.29, 1.82) is 0 Å². The highest BCUT2D eigenvalue weighted by Gasteiger charge is 2.31. The van der Waals surface area contributed by atoms with Gasteiger partial charge in [-0.3, -0.25) is 0 Å². The van der Waals surface area contributed by atoms with Crippen LogP contribution in [0.25, 0.3) is 0 Å². The summed E-state index contributed by atoms with van der Waals surface area (Å²) in [5.74, 6) is 2.56. The molecular weight excluding hydrogens is 218 g/mol. The molecule has 0 amide bonds. The molecule has 1 fully saturated rings. The molecular formula is C12H21N3S. The Morgan fingerprint density at radius 3 is 3.12 bits per heavy atom. The largest absolute Gasteiger partial charge is 0.336 e. The van der Waals surface area contributed by atoms with Gasteiger partial charge in [0, 0.05) is 37.3 Å². The van der Waals surface area contributed by atoms with E-state index in [-0.39, 0.29) is 0 Å². The minimum Gasteiger partial charge on any atom is -0.336 e. The van der Waals surface area contributed by atoms with E-state index in [1.165, 1.54) is 17.9 Å². The molecule has 3 nitrogen and oxygen atoms in total. The van der Waals surface area contributed by atoms with Gasteiger partial charge in [0.2, 0.25) is 0 Å². The molecule has 90 valence electrons. The molecule has 1 aromatic rings. The molecule has 1 N–H and O–H groups in total. The van der Waals surface area contributed by atoms with Crippen molar-refractivity contribution in [2.24, 2.45) is 5.41 Å². The fraction of sp³-hybridized carbons (Fsp3) is 0.750. The summed E-state index contributed by atoms with van der Waals surface area (Å²) in [7, 11) is 0. The lowest BCUT2D eigenvalue weighted by atomic mass is 9.82. The molecule has 0 aliphatic carbocycles. The molecule has 0 radical (unpaired) electrons. The Morgan fingerprint density at radius 1 is 1.56 bits per heavy atom. The summed E-state index contributed by atoms with van der Waals surface area (Å²) in [6.45, 7) is 6.80. The number of hydrogen-bond acceptors (Lipinski definition) is 3. The maximum atomic E-state index is 4.05. The van der Waals surface area contributed by atoms with Gasteiger partial charge in [0.15, 0.2) is 0 Å². The van der Waals surface area contributed by atoms with E-state index >= 15 is 0 Å². The van der Waals surface area contributed by atoms with E-state index < -0.39 is 0 Å². The molecule has 1 saturated heterocycles. The highest BCUT2D eigenvalue weighted by molar-refractivity contribution is 7.99. The third kappa shape index (κ3) is 3.01. The summed E-state index contributed by atoms with van der Waals surface area (Å²) in [5.41, 5.74) is 0.445. The monoisotopic (exact) mass is 239 g/mol. The van der Waals surface area contributed by atoms with Crippen molar-refractivity contribution in [2.75, 3.05) is 18.1 Å². The van der Waals surface area contributed by atoms with Crippen LogP contribution in [0.2, 0.25) is 0 Å². The van der Waals surface area contributed by atoms with Gasteiger partial charge in [0.25, 0.3) is 0 Å². The summed E-state index contributed by atoms with van der Waals surface area (Å²) >= 11 is 2.07. The Morgan fingerprint density at radius 2 is 2.44 bits per heavy atom. The summed E-state index contributed by atoms with van der Waals surface area (Å²) in [6.07, 6.45) is 7.05. The topological polar surface area (TPSA) is 29.9 Å². The van der Waals surface area contributed by atoms with Crippen LogP contribution < -0.4 is 5.32 Å². The molecule has 2 rings (SSSR count). The Labute approximate surface area is 102 Å². The van der Waals surface area contributed by atoms with Gasteiger partial charge in [-0.05, 0) is 17.6 Å². The van der Waals surface area contributed by atoms with E-state index in [9.17, 15) is 0 Å². The molecule has 0 saturated carbocycles. The van der Waals surface area contributed by atoms with Gasteiger partial charge in [-0.2, -0.15) is 11.8 Å². The minimum atomic E-state index is 0.445. The standard InChI is InChI=1S/C12H21N3S/c1-12(2)3-8-16-9-11(12)14-5-7-15-6-4-13-10-15/h4,6,10-11,14H,3,5,7-9H2,1-2H3. The zero-order valence-corrected chi connectivity index (χ0v) is 11.0. The Kier molecular flexibility index (Phi) is 3.92. The first-order valence-corrected chi connectivity index (χ1v) is 7.11. The second kappa shape index (κ2) is 5.23. The highest BCUT2D eigenvalue weighted by Crippen LogP contribution is 2.33. The first-order valence-electron chi connectivity index (χ1n) is 5.95. The molecule has 4 heteroatoms. The number of hydrogen-bond donors (Lipinski definition) is 1. The van der Waals surface area contributed by atoms with Crippen molar-refractivity contribution in [3.05, 3.63) is 18.7 Å². The lowest BCUT2D eigenvalue weighted by Gasteiger charge is -2.38. The third-order valence-electron chi connectivity index (χ3n) is 3.44. The van der Waals surface area contributed by atoms with Gasteiger partial charge < -0.3 is 9.88 Å². The minimum absolute atomic E-state index is 0.445. The summed E-state index contributed by atoms with van der Waals surface area (Å²) < 4.78 is 2.12. The number of rotatable bonds is 4. The smallest absolute Gasteiger partial charge is 0.0946 e. The zero-order valence-electron chi connectivity index (χ0n) is 10.1. The summed E-state index contributed by atoms with van der Waals surface area (Å²) in [6, 6.07) is 0.648. The first-order chi connectivity index (χ1) is 7.68. The molecule has 1 aliphatic heterocycles. The summed E-state index contributed by atoms with van der Waals surface area (Å²) in [5, 5.41) is 3.68. The number of thioether (sulfide) groups is 1. The van der Waals surface area contributed by atoms with Gasteiger partial charge >= 0.3 is 0 Å². The molecule has 1 unspecified atom stereocenters. The first kappa shape index (κ1) is 12.0. The predicted molar refractivity (Wildman–Crippen MR) is 69.7 cm³/mol. The fourth-order valence-corrected chi connectivity index (χ4v) is 3.70. The van der Waals surface area contributed by atoms with Crippen LogP contribution in [-0.4, -0.2) is 33.6 Å². The molecule has 16 heavy (non-hydrogen) atoms. The van der Waals surface area contributed by atoms with Crippen LogP contribution in [0.3, 0.4) is 0 Å². The van der Waals surface area contributed by atoms with Gasteiger partial charge in [-0.1, -0.05) is 13.8 Å². The molecule has 0 bridgehead atoms. The molecule has 0 aromatic carbocycles. The third-order valence-corrected chi connectivity index (χ3v) is 4.50. The predicted octanol–water partition coefficient (Wildman–Crippen LogP) is 2.00. The molecule has 0 spiro atoms. The highest BCUT2D eigenvalue weighted by atomic mass is 32.2. The maximum Gasteiger partial charge on any atom is 0.0946 e. The van der Waals surface area contributed by atoms with Gasteiger partial charge in [0.05, 0.1) is 6.33 Å². The second-order valence-corrected chi connectivity index (χ2v) is 6.27. The normalized spacial score (nSPS) is 24.5. The van der Waals surface area contributed by atoms with Gasteiger partial charge in [-0.25, -0.2) is 4.98 Å². The van der Waals surface area contributed by atoms with E-state index in [1.54, 1.807) is 0 Å². The summed E-state index contributed by atoms with van der Waals surface area (Å²) in [4.78, 5) is 4.05. The van der Waals surface area contributed by atoms with Crippen LogP contribution >= 0.6 is 11.8 Å². The van der Waals surface area contributed by atoms with Crippen molar-refractivity contribution in [1.82, 2.24) is 14.9 Å². The number of aromatic nitrogens is 2. The van der Waals surface area contributed by atoms with Crippen molar-refractivity contribution < 1.29 is 0 Å². The van der Waals surface area contributed by atoms with E-state index in [1.807, 2.05) is 18.7 Å². The lowest BCUT2D eigenvalue weighted by molar-refractivity contribution is 0.244. The molecule has 2 heterocycles. The van der Waals surface area contributed by atoms with Gasteiger partial charge in [0.1, 0.15) is 0 Å². The van der Waals surface area contributed by atoms with Crippen LogP contribution in [0.4, 0.5) is 0 Å². The number of imidazole rings is 1. The van der Waals surface area contributed by atoms with E-state index in [4.69, 9.17) is 0 Å².